The normalized spacial score (nSPS) is 12.6. The smallest absolute Gasteiger partial charge is 0.407 e. The van der Waals surface area contributed by atoms with Gasteiger partial charge in [-0.2, -0.15) is 0 Å². The van der Waals surface area contributed by atoms with Crippen molar-refractivity contribution in [2.75, 3.05) is 0 Å². The van der Waals surface area contributed by atoms with Crippen LogP contribution in [0, 0.1) is 12.8 Å². The van der Waals surface area contributed by atoms with E-state index in [1.54, 1.807) is 38.1 Å². The zero-order chi connectivity index (χ0) is 26.2. The van der Waals surface area contributed by atoms with Gasteiger partial charge in [-0.15, -0.1) is 0 Å². The highest BCUT2D eigenvalue weighted by Crippen LogP contribution is 2.30. The highest BCUT2D eigenvalue weighted by atomic mass is 16.5. The fraction of sp³-hybridized carbons (Fsp3) is 0.296. The van der Waals surface area contributed by atoms with Gasteiger partial charge < -0.3 is 25.6 Å². The van der Waals surface area contributed by atoms with E-state index in [-0.39, 0.29) is 36.0 Å². The van der Waals surface area contributed by atoms with Gasteiger partial charge in [-0.25, -0.2) is 4.79 Å². The minimum Gasteiger partial charge on any atom is -0.494 e. The SMILES string of the molecule is Cc1c(O)[nH]c(O)c1C(=O)[C@@H](NC(=O)CC(NC(=O)OCc1ccccc1)c1ccccc1)C(C)C. The van der Waals surface area contributed by atoms with Crippen LogP contribution in [-0.4, -0.2) is 39.0 Å². The standard InChI is InChI=1S/C27H31N3O6/c1-16(2)23(24(32)22-17(3)25(33)30-26(22)34)29-21(31)14-20(19-12-8-5-9-13-19)28-27(35)36-15-18-10-6-4-7-11-18/h4-13,16,20,23,30,33-34H,14-15H2,1-3H3,(H,28,35)(H,29,31)/t20?,23-/m0/s1. The Kier molecular flexibility index (Phi) is 8.72. The molecule has 0 aliphatic rings. The van der Waals surface area contributed by atoms with Crippen molar-refractivity contribution >= 4 is 17.8 Å². The molecule has 2 atom stereocenters. The molecule has 1 aromatic heterocycles. The quantitative estimate of drug-likeness (QED) is 0.269. The first-order chi connectivity index (χ1) is 17.2. The van der Waals surface area contributed by atoms with Crippen molar-refractivity contribution in [1.29, 1.82) is 0 Å². The fourth-order valence-corrected chi connectivity index (χ4v) is 3.82. The topological polar surface area (TPSA) is 141 Å². The molecule has 0 radical (unpaired) electrons. The molecule has 0 saturated carbocycles. The Balaban J connectivity index is 1.71. The molecule has 1 unspecified atom stereocenters. The molecular weight excluding hydrogens is 462 g/mol. The van der Waals surface area contributed by atoms with E-state index in [0.29, 0.717) is 5.56 Å². The van der Waals surface area contributed by atoms with Crippen molar-refractivity contribution in [2.24, 2.45) is 5.92 Å². The van der Waals surface area contributed by atoms with E-state index < -0.39 is 35.7 Å². The van der Waals surface area contributed by atoms with Gasteiger partial charge in [0, 0.05) is 5.56 Å². The van der Waals surface area contributed by atoms with Crippen molar-refractivity contribution < 1.29 is 29.3 Å². The van der Waals surface area contributed by atoms with Crippen molar-refractivity contribution in [3.63, 3.8) is 0 Å². The Labute approximate surface area is 209 Å². The molecule has 0 aliphatic carbocycles. The molecule has 3 aromatic rings. The molecule has 36 heavy (non-hydrogen) atoms. The number of benzene rings is 2. The summed E-state index contributed by atoms with van der Waals surface area (Å²) in [6, 6.07) is 16.5. The number of H-pyrrole nitrogens is 1. The van der Waals surface area contributed by atoms with Crippen LogP contribution in [0.3, 0.4) is 0 Å². The summed E-state index contributed by atoms with van der Waals surface area (Å²) >= 11 is 0. The van der Waals surface area contributed by atoms with E-state index in [2.05, 4.69) is 15.6 Å². The van der Waals surface area contributed by atoms with Gasteiger partial charge in [0.15, 0.2) is 11.7 Å². The van der Waals surface area contributed by atoms with E-state index in [1.807, 2.05) is 36.4 Å². The molecule has 1 heterocycles. The van der Waals surface area contributed by atoms with Crippen LogP contribution in [0.2, 0.25) is 0 Å². The maximum Gasteiger partial charge on any atom is 0.407 e. The zero-order valence-electron chi connectivity index (χ0n) is 20.4. The Hall–Kier alpha value is -4.27. The number of nitrogens with one attached hydrogen (secondary N) is 3. The average molecular weight is 494 g/mol. The van der Waals surface area contributed by atoms with Gasteiger partial charge in [0.05, 0.1) is 24.1 Å². The summed E-state index contributed by atoms with van der Waals surface area (Å²) in [5, 5.41) is 25.3. The lowest BCUT2D eigenvalue weighted by atomic mass is 9.93. The van der Waals surface area contributed by atoms with Crippen molar-refractivity contribution in [2.45, 2.75) is 45.9 Å². The second kappa shape index (κ2) is 11.9. The molecule has 9 heteroatoms. The first kappa shape index (κ1) is 26.3. The van der Waals surface area contributed by atoms with E-state index in [4.69, 9.17) is 4.74 Å². The minimum atomic E-state index is -0.959. The van der Waals surface area contributed by atoms with Crippen LogP contribution in [0.4, 0.5) is 4.79 Å². The summed E-state index contributed by atoms with van der Waals surface area (Å²) < 4.78 is 5.31. The van der Waals surface area contributed by atoms with Crippen LogP contribution in [0.25, 0.3) is 0 Å². The Morgan fingerprint density at radius 2 is 1.53 bits per heavy atom. The van der Waals surface area contributed by atoms with Crippen molar-refractivity contribution in [1.82, 2.24) is 15.6 Å². The molecule has 0 fully saturated rings. The van der Waals surface area contributed by atoms with E-state index >= 15 is 0 Å². The molecule has 0 aliphatic heterocycles. The average Bonchev–Trinajstić information content (AvgIpc) is 3.12. The number of rotatable bonds is 10. The van der Waals surface area contributed by atoms with Crippen LogP contribution < -0.4 is 10.6 Å². The van der Waals surface area contributed by atoms with Crippen molar-refractivity contribution in [3.05, 3.63) is 82.9 Å². The molecule has 5 N–H and O–H groups in total. The number of aromatic amines is 1. The fourth-order valence-electron chi connectivity index (χ4n) is 3.82. The maximum atomic E-state index is 13.1. The predicted octanol–water partition coefficient (Wildman–Crippen LogP) is 4.12. The number of alkyl carbamates (subject to hydrolysis) is 1. The Morgan fingerprint density at radius 3 is 2.08 bits per heavy atom. The molecule has 0 bridgehead atoms. The van der Waals surface area contributed by atoms with Gasteiger partial charge in [0.2, 0.25) is 11.8 Å². The van der Waals surface area contributed by atoms with Gasteiger partial charge in [-0.1, -0.05) is 74.5 Å². The molecule has 2 aromatic carbocycles. The number of amides is 2. The lowest BCUT2D eigenvalue weighted by Crippen LogP contribution is -2.45. The summed E-state index contributed by atoms with van der Waals surface area (Å²) in [6.45, 7) is 5.09. The van der Waals surface area contributed by atoms with Crippen LogP contribution in [-0.2, 0) is 16.1 Å². The molecule has 9 nitrogen and oxygen atoms in total. The zero-order valence-corrected chi connectivity index (χ0v) is 20.4. The molecule has 0 spiro atoms. The van der Waals surface area contributed by atoms with E-state index in [9.17, 15) is 24.6 Å². The summed E-state index contributed by atoms with van der Waals surface area (Å²) in [5.74, 6) is -2.09. The number of hydrogen-bond donors (Lipinski definition) is 5. The first-order valence-electron chi connectivity index (χ1n) is 11.6. The van der Waals surface area contributed by atoms with Crippen LogP contribution in [0.1, 0.15) is 53.4 Å². The van der Waals surface area contributed by atoms with Crippen LogP contribution >= 0.6 is 0 Å². The molecule has 2 amide bonds. The summed E-state index contributed by atoms with van der Waals surface area (Å²) in [7, 11) is 0. The van der Waals surface area contributed by atoms with Gasteiger partial charge in [-0.3, -0.25) is 14.6 Å². The van der Waals surface area contributed by atoms with Crippen LogP contribution in [0.15, 0.2) is 60.7 Å². The van der Waals surface area contributed by atoms with Crippen molar-refractivity contribution in [3.8, 4) is 11.8 Å². The van der Waals surface area contributed by atoms with E-state index in [0.717, 1.165) is 5.56 Å². The highest BCUT2D eigenvalue weighted by Gasteiger charge is 2.31. The number of aromatic nitrogens is 1. The third-order valence-electron chi connectivity index (χ3n) is 5.81. The van der Waals surface area contributed by atoms with Crippen LogP contribution in [0.5, 0.6) is 11.8 Å². The number of aromatic hydroxyl groups is 2. The lowest BCUT2D eigenvalue weighted by Gasteiger charge is -2.24. The van der Waals surface area contributed by atoms with Gasteiger partial charge in [-0.05, 0) is 24.0 Å². The molecular formula is C27H31N3O6. The predicted molar refractivity (Wildman–Crippen MR) is 134 cm³/mol. The molecule has 190 valence electrons. The number of ether oxygens (including phenoxy) is 1. The summed E-state index contributed by atoms with van der Waals surface area (Å²) in [5.41, 5.74) is 1.64. The summed E-state index contributed by atoms with van der Waals surface area (Å²) in [6.07, 6.45) is -0.829. The Bertz CT molecular complexity index is 1190. The number of carbonyl (C=O) groups excluding carboxylic acids is 3. The largest absolute Gasteiger partial charge is 0.494 e. The number of hydrogen-bond acceptors (Lipinski definition) is 6. The summed E-state index contributed by atoms with van der Waals surface area (Å²) in [4.78, 5) is 41.0. The Morgan fingerprint density at radius 1 is 0.917 bits per heavy atom. The second-order valence-electron chi connectivity index (χ2n) is 8.85. The highest BCUT2D eigenvalue weighted by molar-refractivity contribution is 6.05. The second-order valence-corrected chi connectivity index (χ2v) is 8.85. The number of Topliss-reactive ketones (excluding diaryl/α,β-unsaturated/α-hetero) is 1. The third-order valence-corrected chi connectivity index (χ3v) is 5.81. The first-order valence-corrected chi connectivity index (χ1v) is 11.6. The number of carbonyl (C=O) groups is 3. The monoisotopic (exact) mass is 493 g/mol. The van der Waals surface area contributed by atoms with Gasteiger partial charge in [0.25, 0.3) is 0 Å². The minimum absolute atomic E-state index is 0.0753. The molecule has 0 saturated heterocycles. The molecule has 3 rings (SSSR count). The van der Waals surface area contributed by atoms with E-state index in [1.165, 1.54) is 6.92 Å². The van der Waals surface area contributed by atoms with Gasteiger partial charge >= 0.3 is 6.09 Å². The maximum absolute atomic E-state index is 13.1. The lowest BCUT2D eigenvalue weighted by molar-refractivity contribution is -0.122. The number of ketones is 1. The van der Waals surface area contributed by atoms with Gasteiger partial charge in [0.1, 0.15) is 6.61 Å². The third kappa shape index (κ3) is 6.65.